The predicted octanol–water partition coefficient (Wildman–Crippen LogP) is 5.08. The van der Waals surface area contributed by atoms with Crippen LogP contribution in [0.3, 0.4) is 0 Å². The molecule has 3 aromatic carbocycles. The van der Waals surface area contributed by atoms with Crippen molar-refractivity contribution in [2.45, 2.75) is 12.5 Å². The van der Waals surface area contributed by atoms with Crippen molar-refractivity contribution < 1.29 is 14.3 Å². The fourth-order valence-electron chi connectivity index (χ4n) is 4.74. The van der Waals surface area contributed by atoms with Crippen LogP contribution in [0.2, 0.25) is 0 Å². The average molecular weight is 422 g/mol. The minimum Gasteiger partial charge on any atom is -0.454 e. The molecule has 5 nitrogen and oxygen atoms in total. The maximum Gasteiger partial charge on any atom is 0.247 e. The van der Waals surface area contributed by atoms with Crippen molar-refractivity contribution in [1.82, 2.24) is 9.88 Å². The SMILES string of the molecule is O=C(/C=C/c1ccccc1)N1CCc2c([nH]c3ccccc23)C1c1ccc2c(c1)OCO2. The number of nitrogens with zero attached hydrogens (tertiary/aromatic N) is 1. The zero-order valence-electron chi connectivity index (χ0n) is 17.5. The third-order valence-corrected chi connectivity index (χ3v) is 6.25. The smallest absolute Gasteiger partial charge is 0.247 e. The van der Waals surface area contributed by atoms with E-state index < -0.39 is 0 Å². The zero-order valence-corrected chi connectivity index (χ0v) is 17.5. The second-order valence-corrected chi connectivity index (χ2v) is 8.10. The van der Waals surface area contributed by atoms with Gasteiger partial charge in [-0.15, -0.1) is 0 Å². The highest BCUT2D eigenvalue weighted by molar-refractivity contribution is 5.93. The highest BCUT2D eigenvalue weighted by Crippen LogP contribution is 2.42. The Morgan fingerprint density at radius 2 is 1.78 bits per heavy atom. The summed E-state index contributed by atoms with van der Waals surface area (Å²) in [6.45, 7) is 0.871. The summed E-state index contributed by atoms with van der Waals surface area (Å²) in [5, 5.41) is 1.22. The summed E-state index contributed by atoms with van der Waals surface area (Å²) in [6, 6.07) is 23.9. The monoisotopic (exact) mass is 422 g/mol. The lowest BCUT2D eigenvalue weighted by Crippen LogP contribution is -2.39. The van der Waals surface area contributed by atoms with E-state index in [2.05, 4.69) is 23.2 Å². The molecule has 0 aliphatic carbocycles. The molecular weight excluding hydrogens is 400 g/mol. The van der Waals surface area contributed by atoms with Crippen molar-refractivity contribution in [2.75, 3.05) is 13.3 Å². The Labute approximate surface area is 185 Å². The Hall–Kier alpha value is -3.99. The van der Waals surface area contributed by atoms with E-state index >= 15 is 0 Å². The number of ether oxygens (including phenoxy) is 2. The normalized spacial score (nSPS) is 17.1. The van der Waals surface area contributed by atoms with Gasteiger partial charge >= 0.3 is 0 Å². The van der Waals surface area contributed by atoms with Gasteiger partial charge in [0.15, 0.2) is 11.5 Å². The molecule has 0 bridgehead atoms. The number of hydrogen-bond donors (Lipinski definition) is 1. The molecule has 2 aliphatic rings. The molecule has 1 aromatic heterocycles. The second kappa shape index (κ2) is 7.61. The Bertz CT molecular complexity index is 1340. The van der Waals surface area contributed by atoms with E-state index in [4.69, 9.17) is 9.47 Å². The highest BCUT2D eigenvalue weighted by Gasteiger charge is 2.34. The van der Waals surface area contributed by atoms with Gasteiger partial charge in [0.05, 0.1) is 6.04 Å². The lowest BCUT2D eigenvalue weighted by Gasteiger charge is -2.35. The third-order valence-electron chi connectivity index (χ3n) is 6.25. The lowest BCUT2D eigenvalue weighted by atomic mass is 9.92. The predicted molar refractivity (Wildman–Crippen MR) is 124 cm³/mol. The molecule has 1 amide bonds. The van der Waals surface area contributed by atoms with Gasteiger partial charge in [-0.2, -0.15) is 0 Å². The zero-order chi connectivity index (χ0) is 21.5. The lowest BCUT2D eigenvalue weighted by molar-refractivity contribution is -0.128. The van der Waals surface area contributed by atoms with E-state index in [9.17, 15) is 4.79 Å². The second-order valence-electron chi connectivity index (χ2n) is 8.10. The molecule has 4 aromatic rings. The van der Waals surface area contributed by atoms with Crippen molar-refractivity contribution in [3.8, 4) is 11.5 Å². The Balaban J connectivity index is 1.44. The summed E-state index contributed by atoms with van der Waals surface area (Å²) >= 11 is 0. The van der Waals surface area contributed by atoms with Gasteiger partial charge in [-0.1, -0.05) is 54.6 Å². The summed E-state index contributed by atoms with van der Waals surface area (Å²) < 4.78 is 11.1. The first-order valence-corrected chi connectivity index (χ1v) is 10.8. The van der Waals surface area contributed by atoms with Crippen LogP contribution in [-0.4, -0.2) is 29.1 Å². The summed E-state index contributed by atoms with van der Waals surface area (Å²) in [7, 11) is 0. The Morgan fingerprint density at radius 1 is 0.969 bits per heavy atom. The van der Waals surface area contributed by atoms with E-state index in [0.717, 1.165) is 40.3 Å². The number of H-pyrrole nitrogens is 1. The Morgan fingerprint density at radius 3 is 2.69 bits per heavy atom. The highest BCUT2D eigenvalue weighted by atomic mass is 16.7. The standard InChI is InChI=1S/C27H22N2O3/c30-25(13-10-18-6-2-1-3-7-18)29-15-14-21-20-8-4-5-9-22(20)28-26(21)27(29)19-11-12-23-24(16-19)32-17-31-23/h1-13,16,27-28H,14-15,17H2/b13-10+. The summed E-state index contributed by atoms with van der Waals surface area (Å²) in [5.74, 6) is 1.45. The number of carbonyl (C=O) groups excluding carboxylic acids is 1. The van der Waals surface area contributed by atoms with E-state index in [1.807, 2.05) is 65.6 Å². The first-order chi connectivity index (χ1) is 15.8. The number of aromatic nitrogens is 1. The number of rotatable bonds is 3. The molecule has 158 valence electrons. The number of nitrogens with one attached hydrogen (secondary N) is 1. The van der Waals surface area contributed by atoms with Gasteiger partial charge in [0, 0.05) is 29.2 Å². The van der Waals surface area contributed by atoms with E-state index in [1.165, 1.54) is 10.9 Å². The molecule has 1 atom stereocenters. The molecule has 5 heteroatoms. The number of benzene rings is 3. The molecule has 32 heavy (non-hydrogen) atoms. The van der Waals surface area contributed by atoms with Crippen molar-refractivity contribution in [2.24, 2.45) is 0 Å². The maximum atomic E-state index is 13.4. The number of fused-ring (bicyclic) bond motifs is 4. The molecule has 0 radical (unpaired) electrons. The first kappa shape index (κ1) is 18.8. The largest absolute Gasteiger partial charge is 0.454 e. The number of carbonyl (C=O) groups is 1. The molecule has 1 unspecified atom stereocenters. The van der Waals surface area contributed by atoms with Crippen LogP contribution in [0.25, 0.3) is 17.0 Å². The average Bonchev–Trinajstić information content (AvgIpc) is 3.46. The van der Waals surface area contributed by atoms with Crippen LogP contribution < -0.4 is 9.47 Å². The fourth-order valence-corrected chi connectivity index (χ4v) is 4.74. The Kier molecular flexibility index (Phi) is 4.46. The van der Waals surface area contributed by atoms with E-state index in [0.29, 0.717) is 6.54 Å². The van der Waals surface area contributed by atoms with Gasteiger partial charge in [-0.3, -0.25) is 4.79 Å². The summed E-state index contributed by atoms with van der Waals surface area (Å²) in [4.78, 5) is 18.9. The van der Waals surface area contributed by atoms with Crippen LogP contribution in [0.4, 0.5) is 0 Å². The summed E-state index contributed by atoms with van der Waals surface area (Å²) in [5.41, 5.74) is 5.45. The molecule has 0 saturated heterocycles. The van der Waals surface area contributed by atoms with Crippen molar-refractivity contribution >= 4 is 22.9 Å². The van der Waals surface area contributed by atoms with Crippen molar-refractivity contribution in [3.05, 3.63) is 101 Å². The molecule has 3 heterocycles. The van der Waals surface area contributed by atoms with E-state index in [1.54, 1.807) is 6.08 Å². The quantitative estimate of drug-likeness (QED) is 0.468. The minimum absolute atomic E-state index is 0.0131. The third kappa shape index (κ3) is 3.14. The molecule has 0 spiro atoms. The van der Waals surface area contributed by atoms with Crippen LogP contribution in [0.15, 0.2) is 78.9 Å². The number of para-hydroxylation sites is 1. The maximum absolute atomic E-state index is 13.4. The van der Waals surface area contributed by atoms with Crippen LogP contribution >= 0.6 is 0 Å². The first-order valence-electron chi connectivity index (χ1n) is 10.8. The number of hydrogen-bond acceptors (Lipinski definition) is 3. The van der Waals surface area contributed by atoms with Gasteiger partial charge in [-0.25, -0.2) is 0 Å². The van der Waals surface area contributed by atoms with Gasteiger partial charge in [0.25, 0.3) is 0 Å². The van der Waals surface area contributed by atoms with Crippen LogP contribution in [-0.2, 0) is 11.2 Å². The molecular formula is C27H22N2O3. The molecule has 1 N–H and O–H groups in total. The fraction of sp³-hybridized carbons (Fsp3) is 0.148. The van der Waals surface area contributed by atoms with Gasteiger partial charge in [0.1, 0.15) is 0 Å². The number of amides is 1. The molecule has 6 rings (SSSR count). The van der Waals surface area contributed by atoms with Gasteiger partial charge in [0.2, 0.25) is 12.7 Å². The van der Waals surface area contributed by atoms with Gasteiger partial charge in [-0.05, 0) is 47.4 Å². The van der Waals surface area contributed by atoms with Crippen molar-refractivity contribution in [3.63, 3.8) is 0 Å². The topological polar surface area (TPSA) is 54.6 Å². The van der Waals surface area contributed by atoms with Gasteiger partial charge < -0.3 is 19.4 Å². The van der Waals surface area contributed by atoms with E-state index in [-0.39, 0.29) is 18.7 Å². The minimum atomic E-state index is -0.228. The van der Waals surface area contributed by atoms with Crippen LogP contribution in [0.1, 0.15) is 28.4 Å². The molecule has 2 aliphatic heterocycles. The van der Waals surface area contributed by atoms with Crippen LogP contribution in [0, 0.1) is 0 Å². The molecule has 0 saturated carbocycles. The summed E-state index contributed by atoms with van der Waals surface area (Å²) in [6.07, 6.45) is 4.36. The number of aromatic amines is 1. The van der Waals surface area contributed by atoms with Crippen LogP contribution in [0.5, 0.6) is 11.5 Å². The molecule has 0 fully saturated rings. The van der Waals surface area contributed by atoms with Crippen molar-refractivity contribution in [1.29, 1.82) is 0 Å².